The van der Waals surface area contributed by atoms with Crippen LogP contribution in [0.4, 0.5) is 13.2 Å². The number of hydrogen-bond donors (Lipinski definition) is 0. The fourth-order valence-corrected chi connectivity index (χ4v) is 4.09. The summed E-state index contributed by atoms with van der Waals surface area (Å²) < 4.78 is 45.9. The van der Waals surface area contributed by atoms with Gasteiger partial charge in [-0.3, -0.25) is 14.3 Å². The maximum absolute atomic E-state index is 13.3. The maximum Gasteiger partial charge on any atom is 0.406 e. The minimum atomic E-state index is -4.53. The minimum Gasteiger partial charge on any atom is -0.339 e. The van der Waals surface area contributed by atoms with Crippen LogP contribution in [0, 0.1) is 0 Å². The van der Waals surface area contributed by atoms with Crippen LogP contribution in [0.25, 0.3) is 10.9 Å². The number of likely N-dealkylation sites (tertiary alicyclic amines) is 1. The zero-order chi connectivity index (χ0) is 20.9. The van der Waals surface area contributed by atoms with Crippen molar-refractivity contribution in [1.82, 2.24) is 24.6 Å². The van der Waals surface area contributed by atoms with Crippen LogP contribution in [0.15, 0.2) is 33.6 Å². The Morgan fingerprint density at radius 1 is 1.13 bits per heavy atom. The minimum absolute atomic E-state index is 0.138. The molecule has 0 spiro atoms. The summed E-state index contributed by atoms with van der Waals surface area (Å²) >= 11 is 0. The van der Waals surface area contributed by atoms with E-state index in [2.05, 4.69) is 15.1 Å². The molecule has 5 rings (SSSR count). The largest absolute Gasteiger partial charge is 0.406 e. The average Bonchev–Trinajstić information content (AvgIpc) is 3.28. The van der Waals surface area contributed by atoms with Gasteiger partial charge in [0.05, 0.1) is 23.5 Å². The molecule has 10 heteroatoms. The highest BCUT2D eigenvalue weighted by Crippen LogP contribution is 2.39. The van der Waals surface area contributed by atoms with E-state index in [0.29, 0.717) is 42.7 Å². The molecule has 1 unspecified atom stereocenters. The Morgan fingerprint density at radius 2 is 1.93 bits per heavy atom. The molecule has 1 atom stereocenters. The van der Waals surface area contributed by atoms with Crippen LogP contribution in [-0.4, -0.2) is 37.3 Å². The molecular weight excluding hydrogens is 399 g/mol. The molecule has 0 radical (unpaired) electrons. The molecule has 3 heterocycles. The number of para-hydroxylation sites is 1. The Morgan fingerprint density at radius 3 is 2.70 bits per heavy atom. The predicted octanol–water partition coefficient (Wildman–Crippen LogP) is 3.56. The SMILES string of the molecule is O=c1c2ccccc2nc(C2CCCN2Cc2noc(C3CC3)n2)n1CC(F)(F)F. The summed E-state index contributed by atoms with van der Waals surface area (Å²) in [5.74, 6) is 1.60. The molecule has 30 heavy (non-hydrogen) atoms. The van der Waals surface area contributed by atoms with Crippen molar-refractivity contribution < 1.29 is 17.7 Å². The molecule has 7 nitrogen and oxygen atoms in total. The van der Waals surface area contributed by atoms with Gasteiger partial charge in [-0.2, -0.15) is 18.2 Å². The van der Waals surface area contributed by atoms with Crippen molar-refractivity contribution in [3.63, 3.8) is 0 Å². The van der Waals surface area contributed by atoms with E-state index < -0.39 is 24.3 Å². The lowest BCUT2D eigenvalue weighted by Crippen LogP contribution is -2.35. The first kappa shape index (κ1) is 19.2. The number of alkyl halides is 3. The fraction of sp³-hybridized carbons (Fsp3) is 0.500. The maximum atomic E-state index is 13.3. The van der Waals surface area contributed by atoms with Gasteiger partial charge in [-0.1, -0.05) is 17.3 Å². The van der Waals surface area contributed by atoms with Crippen molar-refractivity contribution in [3.05, 3.63) is 52.2 Å². The van der Waals surface area contributed by atoms with Crippen LogP contribution in [0.3, 0.4) is 0 Å². The molecule has 2 fully saturated rings. The summed E-state index contributed by atoms with van der Waals surface area (Å²) in [6.07, 6.45) is -1.06. The van der Waals surface area contributed by atoms with E-state index in [1.54, 1.807) is 18.2 Å². The average molecular weight is 419 g/mol. The Hall–Kier alpha value is -2.75. The first-order valence-corrected chi connectivity index (χ1v) is 10.0. The normalized spacial score (nSPS) is 20.3. The third kappa shape index (κ3) is 3.71. The number of halogens is 3. The molecule has 1 saturated heterocycles. The number of aromatic nitrogens is 4. The van der Waals surface area contributed by atoms with Crippen LogP contribution in [-0.2, 0) is 13.1 Å². The number of fused-ring (bicyclic) bond motifs is 1. The molecule has 1 aliphatic carbocycles. The highest BCUT2D eigenvalue weighted by molar-refractivity contribution is 5.77. The summed E-state index contributed by atoms with van der Waals surface area (Å²) in [5.41, 5.74) is -0.270. The number of hydrogen-bond acceptors (Lipinski definition) is 6. The zero-order valence-electron chi connectivity index (χ0n) is 16.1. The topological polar surface area (TPSA) is 77.1 Å². The summed E-state index contributed by atoms with van der Waals surface area (Å²) in [4.78, 5) is 23.8. The van der Waals surface area contributed by atoms with Crippen molar-refractivity contribution in [2.24, 2.45) is 0 Å². The summed E-state index contributed by atoms with van der Waals surface area (Å²) in [5, 5.41) is 4.20. The monoisotopic (exact) mass is 419 g/mol. The van der Waals surface area contributed by atoms with E-state index in [-0.39, 0.29) is 11.2 Å². The van der Waals surface area contributed by atoms with Crippen LogP contribution in [0.2, 0.25) is 0 Å². The molecule has 2 aliphatic rings. The second-order valence-corrected chi connectivity index (χ2v) is 7.95. The van der Waals surface area contributed by atoms with Gasteiger partial charge in [-0.25, -0.2) is 4.98 Å². The second kappa shape index (κ2) is 7.19. The molecule has 1 aromatic carbocycles. The van der Waals surface area contributed by atoms with Gasteiger partial charge >= 0.3 is 6.18 Å². The Kier molecular flexibility index (Phi) is 4.61. The highest BCUT2D eigenvalue weighted by atomic mass is 19.4. The standard InChI is InChI=1S/C20H20F3N5O2/c21-20(22,23)11-28-17(24-14-5-2-1-4-13(14)19(28)29)15-6-3-9-27(15)10-16-25-18(30-26-16)12-7-8-12/h1-2,4-5,12,15H,3,6-11H2. The molecule has 0 bridgehead atoms. The van der Waals surface area contributed by atoms with Gasteiger partial charge in [-0.05, 0) is 44.4 Å². The molecule has 1 aliphatic heterocycles. The van der Waals surface area contributed by atoms with Crippen molar-refractivity contribution in [2.75, 3.05) is 6.54 Å². The zero-order valence-corrected chi connectivity index (χ0v) is 16.1. The number of nitrogens with zero attached hydrogens (tertiary/aromatic N) is 5. The molecule has 0 N–H and O–H groups in total. The van der Waals surface area contributed by atoms with E-state index in [1.807, 2.05) is 4.90 Å². The predicted molar refractivity (Wildman–Crippen MR) is 101 cm³/mol. The molecular formula is C20H20F3N5O2. The van der Waals surface area contributed by atoms with E-state index in [4.69, 9.17) is 4.52 Å². The second-order valence-electron chi connectivity index (χ2n) is 7.95. The van der Waals surface area contributed by atoms with Crippen LogP contribution in [0.1, 0.15) is 55.2 Å². The van der Waals surface area contributed by atoms with E-state index >= 15 is 0 Å². The van der Waals surface area contributed by atoms with Crippen molar-refractivity contribution in [3.8, 4) is 0 Å². The van der Waals surface area contributed by atoms with E-state index in [1.165, 1.54) is 6.07 Å². The van der Waals surface area contributed by atoms with Crippen molar-refractivity contribution in [2.45, 2.75) is 56.9 Å². The van der Waals surface area contributed by atoms with Gasteiger partial charge in [0.15, 0.2) is 5.82 Å². The van der Waals surface area contributed by atoms with Crippen LogP contribution in [0.5, 0.6) is 0 Å². The lowest BCUT2D eigenvalue weighted by atomic mass is 10.1. The first-order valence-electron chi connectivity index (χ1n) is 10.0. The number of rotatable bonds is 5. The summed E-state index contributed by atoms with van der Waals surface area (Å²) in [6, 6.07) is 6.08. The van der Waals surface area contributed by atoms with Crippen LogP contribution < -0.4 is 5.56 Å². The van der Waals surface area contributed by atoms with Crippen LogP contribution >= 0.6 is 0 Å². The summed E-state index contributed by atoms with van der Waals surface area (Å²) in [7, 11) is 0. The van der Waals surface area contributed by atoms with E-state index in [0.717, 1.165) is 23.8 Å². The smallest absolute Gasteiger partial charge is 0.339 e. The highest BCUT2D eigenvalue weighted by Gasteiger charge is 2.36. The molecule has 3 aromatic rings. The van der Waals surface area contributed by atoms with Gasteiger partial charge < -0.3 is 4.52 Å². The Balaban J connectivity index is 1.52. The quantitative estimate of drug-likeness (QED) is 0.630. The molecule has 1 saturated carbocycles. The van der Waals surface area contributed by atoms with Gasteiger partial charge in [0.2, 0.25) is 5.89 Å². The third-order valence-corrected chi connectivity index (χ3v) is 5.65. The summed E-state index contributed by atoms with van der Waals surface area (Å²) in [6.45, 7) is -0.361. The third-order valence-electron chi connectivity index (χ3n) is 5.65. The van der Waals surface area contributed by atoms with Crippen molar-refractivity contribution in [1.29, 1.82) is 0 Å². The van der Waals surface area contributed by atoms with Gasteiger partial charge in [0.25, 0.3) is 5.56 Å². The number of benzene rings is 1. The first-order chi connectivity index (χ1) is 14.4. The lowest BCUT2D eigenvalue weighted by Gasteiger charge is -2.26. The van der Waals surface area contributed by atoms with Gasteiger partial charge in [-0.15, -0.1) is 0 Å². The Labute approximate surface area is 169 Å². The van der Waals surface area contributed by atoms with Crippen molar-refractivity contribution >= 4 is 10.9 Å². The van der Waals surface area contributed by atoms with Gasteiger partial charge in [0, 0.05) is 5.92 Å². The van der Waals surface area contributed by atoms with Gasteiger partial charge in [0.1, 0.15) is 12.4 Å². The Bertz CT molecular complexity index is 1140. The lowest BCUT2D eigenvalue weighted by molar-refractivity contribution is -0.142. The molecule has 0 amide bonds. The molecule has 158 valence electrons. The fourth-order valence-electron chi connectivity index (χ4n) is 4.09. The molecule has 2 aromatic heterocycles. The van der Waals surface area contributed by atoms with E-state index in [9.17, 15) is 18.0 Å².